The summed E-state index contributed by atoms with van der Waals surface area (Å²) in [7, 11) is -1.77. The number of fused-ring (bicyclic) bond motifs is 2. The average molecular weight is 762 g/mol. The van der Waals surface area contributed by atoms with Gasteiger partial charge in [-0.1, -0.05) is 144 Å². The molecule has 9 heteroatoms. The lowest BCUT2D eigenvalue weighted by atomic mass is 9.61. The highest BCUT2D eigenvalue weighted by atomic mass is 35.5. The van der Waals surface area contributed by atoms with E-state index in [1.807, 2.05) is 72.8 Å². The number of rotatable bonds is 9. The number of hydrogen-bond donors (Lipinski definition) is 2. The summed E-state index contributed by atoms with van der Waals surface area (Å²) in [6, 6.07) is 28.5. The second-order valence-corrected chi connectivity index (χ2v) is 20.2. The maximum absolute atomic E-state index is 17.0. The van der Waals surface area contributed by atoms with Gasteiger partial charge in [-0.15, -0.1) is 0 Å². The number of nitrogens with one attached hydrogen (secondary N) is 1. The van der Waals surface area contributed by atoms with E-state index in [0.717, 1.165) is 16.7 Å². The maximum Gasteiger partial charge on any atom is 0.237 e. The molecule has 276 valence electrons. The van der Waals surface area contributed by atoms with Crippen LogP contribution in [0.4, 0.5) is 10.1 Å². The van der Waals surface area contributed by atoms with Crippen molar-refractivity contribution in [2.45, 2.75) is 103 Å². The zero-order valence-corrected chi connectivity index (χ0v) is 34.0. The molecule has 0 saturated carbocycles. The number of nitrogens with zero attached hydrogens (tertiary/aromatic N) is 1. The molecule has 4 aromatic carbocycles. The molecule has 1 saturated heterocycles. The maximum atomic E-state index is 17.0. The molecule has 7 atom stereocenters. The van der Waals surface area contributed by atoms with Gasteiger partial charge in [-0.05, 0) is 70.8 Å². The fourth-order valence-electron chi connectivity index (χ4n) is 8.90. The van der Waals surface area contributed by atoms with Gasteiger partial charge < -0.3 is 14.8 Å². The average Bonchev–Trinajstić information content (AvgIpc) is 3.51. The van der Waals surface area contributed by atoms with Crippen molar-refractivity contribution in [3.8, 4) is 0 Å². The fraction of sp³-hybridized carbons (Fsp3) is 0.419. The van der Waals surface area contributed by atoms with E-state index >= 15 is 9.18 Å². The van der Waals surface area contributed by atoms with Crippen molar-refractivity contribution >= 4 is 43.8 Å². The van der Waals surface area contributed by atoms with Gasteiger partial charge in [0, 0.05) is 28.7 Å². The number of anilines is 1. The van der Waals surface area contributed by atoms with Crippen LogP contribution in [0.2, 0.25) is 23.1 Å². The molecule has 6 rings (SSSR count). The van der Waals surface area contributed by atoms with Gasteiger partial charge in [0.1, 0.15) is 11.2 Å². The van der Waals surface area contributed by atoms with Crippen molar-refractivity contribution < 1.29 is 18.7 Å². The van der Waals surface area contributed by atoms with Crippen LogP contribution in [0, 0.1) is 16.6 Å². The summed E-state index contributed by atoms with van der Waals surface area (Å²) in [5.74, 6) is -1.57. The minimum atomic E-state index is -1.77. The van der Waals surface area contributed by atoms with Crippen LogP contribution in [0.15, 0.2) is 97.1 Å². The van der Waals surface area contributed by atoms with Crippen molar-refractivity contribution in [2.24, 2.45) is 10.8 Å². The highest BCUT2D eigenvalue weighted by Gasteiger charge is 2.71. The van der Waals surface area contributed by atoms with Crippen LogP contribution in [0.1, 0.15) is 88.3 Å². The Kier molecular flexibility index (Phi) is 10.9. The third kappa shape index (κ3) is 7.01. The van der Waals surface area contributed by atoms with Crippen LogP contribution in [-0.2, 0) is 14.6 Å². The zero-order chi connectivity index (χ0) is 37.7. The molecule has 2 heterocycles. The summed E-state index contributed by atoms with van der Waals surface area (Å²) < 4.78 is 24.2. The minimum Gasteiger partial charge on any atom is -0.416 e. The molecule has 0 bridgehead atoms. The smallest absolute Gasteiger partial charge is 0.237 e. The van der Waals surface area contributed by atoms with Crippen molar-refractivity contribution in [2.75, 3.05) is 5.32 Å². The number of halogens is 3. The molecule has 0 aromatic heterocycles. The molecule has 52 heavy (non-hydrogen) atoms. The first-order valence-electron chi connectivity index (χ1n) is 18.2. The van der Waals surface area contributed by atoms with E-state index in [1.54, 1.807) is 24.3 Å². The number of likely N-dealkylation sites (tertiary alicyclic amines) is 1. The minimum absolute atomic E-state index is 0.0117. The van der Waals surface area contributed by atoms with Crippen molar-refractivity contribution in [1.29, 1.82) is 0 Å². The van der Waals surface area contributed by atoms with E-state index < -0.39 is 61.9 Å². The fourth-order valence-corrected chi connectivity index (χ4v) is 10.4. The van der Waals surface area contributed by atoms with Crippen LogP contribution in [0.3, 0.4) is 0 Å². The normalized spacial score (nSPS) is 23.9. The topological polar surface area (TPSA) is 61.8 Å². The first-order valence-corrected chi connectivity index (χ1v) is 21.8. The van der Waals surface area contributed by atoms with Gasteiger partial charge in [0.05, 0.1) is 23.3 Å². The molecule has 2 aliphatic rings. The Morgan fingerprint density at radius 1 is 0.904 bits per heavy atom. The molecule has 5 nitrogen and oxygen atoms in total. The standard InChI is InChI=1S/C43H51Cl2FN2O3Si/c1-41(2,3)25-33-43(30-23-22-28(44)24-32(30)47-40(43)50)34(29-20-15-21-31(45)35(29)46)37(39(42(4,5)6)51-52(7)8)48(33)36(26-16-11-9-12-17-26)38(49)27-18-13-10-14-19-27/h9-24,33-34,36-39,49,52H,25H2,1-8H3,(H,47,50). The van der Waals surface area contributed by atoms with Crippen LogP contribution in [0.25, 0.3) is 0 Å². The van der Waals surface area contributed by atoms with Gasteiger partial charge in [-0.2, -0.15) is 0 Å². The highest BCUT2D eigenvalue weighted by Crippen LogP contribution is 2.64. The predicted octanol–water partition coefficient (Wildman–Crippen LogP) is 10.5. The Morgan fingerprint density at radius 2 is 1.52 bits per heavy atom. The molecular formula is C43H51Cl2FN2O3Si. The van der Waals surface area contributed by atoms with Crippen LogP contribution >= 0.6 is 23.2 Å². The third-order valence-corrected chi connectivity index (χ3v) is 12.1. The van der Waals surface area contributed by atoms with Gasteiger partial charge >= 0.3 is 0 Å². The molecule has 1 amide bonds. The molecule has 0 radical (unpaired) electrons. The summed E-state index contributed by atoms with van der Waals surface area (Å²) in [5, 5.41) is 16.5. The van der Waals surface area contributed by atoms with Crippen molar-refractivity contribution in [1.82, 2.24) is 4.90 Å². The molecule has 2 N–H and O–H groups in total. The zero-order valence-electron chi connectivity index (χ0n) is 31.3. The number of carbonyl (C=O) groups excluding carboxylic acids is 1. The third-order valence-electron chi connectivity index (χ3n) is 10.7. The van der Waals surface area contributed by atoms with Crippen LogP contribution < -0.4 is 5.32 Å². The second-order valence-electron chi connectivity index (χ2n) is 17.0. The van der Waals surface area contributed by atoms with E-state index in [0.29, 0.717) is 22.7 Å². The number of benzene rings is 4. The number of amides is 1. The van der Waals surface area contributed by atoms with Crippen LogP contribution in [0.5, 0.6) is 0 Å². The van der Waals surface area contributed by atoms with Crippen LogP contribution in [-0.4, -0.2) is 43.1 Å². The van der Waals surface area contributed by atoms with Gasteiger partial charge in [0.2, 0.25) is 5.91 Å². The number of aliphatic hydroxyl groups is 1. The van der Waals surface area contributed by atoms with E-state index in [1.165, 1.54) is 0 Å². The van der Waals surface area contributed by atoms with E-state index in [2.05, 4.69) is 64.9 Å². The Balaban J connectivity index is 1.81. The van der Waals surface area contributed by atoms with E-state index in [9.17, 15) is 5.11 Å². The Morgan fingerprint density at radius 3 is 2.10 bits per heavy atom. The summed E-state index contributed by atoms with van der Waals surface area (Å²) in [6.45, 7) is 17.2. The lowest BCUT2D eigenvalue weighted by Crippen LogP contribution is -2.54. The van der Waals surface area contributed by atoms with Gasteiger partial charge in [0.25, 0.3) is 0 Å². The highest BCUT2D eigenvalue weighted by molar-refractivity contribution is 6.48. The van der Waals surface area contributed by atoms with Gasteiger partial charge in [0.15, 0.2) is 9.04 Å². The first kappa shape index (κ1) is 38.7. The SMILES string of the molecule is C[SiH](C)OC(C1C(c2cccc(Cl)c2F)C2(C(=O)Nc3cc(Cl)ccc32)C(CC(C)(C)C)N1C(c1ccccc1)C(O)c1ccccc1)C(C)(C)C. The summed E-state index contributed by atoms with van der Waals surface area (Å²) in [6.07, 6.45) is -0.958. The largest absolute Gasteiger partial charge is 0.416 e. The quantitative estimate of drug-likeness (QED) is 0.167. The first-order chi connectivity index (χ1) is 24.5. The number of carbonyl (C=O) groups is 1. The monoisotopic (exact) mass is 760 g/mol. The molecule has 1 spiro atoms. The Bertz CT molecular complexity index is 1900. The predicted molar refractivity (Wildman–Crippen MR) is 213 cm³/mol. The summed E-state index contributed by atoms with van der Waals surface area (Å²) in [4.78, 5) is 17.8. The van der Waals surface area contributed by atoms with Gasteiger partial charge in [-0.25, -0.2) is 4.39 Å². The second kappa shape index (κ2) is 14.7. The summed E-state index contributed by atoms with van der Waals surface area (Å²) in [5.41, 5.74) is 1.22. The molecule has 0 aliphatic carbocycles. The summed E-state index contributed by atoms with van der Waals surface area (Å²) >= 11 is 13.2. The van der Waals surface area contributed by atoms with Crippen molar-refractivity contribution in [3.63, 3.8) is 0 Å². The van der Waals surface area contributed by atoms with E-state index in [4.69, 9.17) is 27.6 Å². The Hall–Kier alpha value is -3.04. The Labute approximate surface area is 320 Å². The molecule has 2 aliphatic heterocycles. The molecule has 7 unspecified atom stereocenters. The molecule has 4 aromatic rings. The molecule has 1 fully saturated rings. The van der Waals surface area contributed by atoms with E-state index in [-0.39, 0.29) is 16.3 Å². The number of aliphatic hydroxyl groups excluding tert-OH is 1. The molecular weight excluding hydrogens is 710 g/mol. The lowest BCUT2D eigenvalue weighted by Gasteiger charge is -2.48. The number of hydrogen-bond acceptors (Lipinski definition) is 4. The van der Waals surface area contributed by atoms with Crippen molar-refractivity contribution in [3.05, 3.63) is 135 Å². The lowest BCUT2D eigenvalue weighted by molar-refractivity contribution is -0.123. The van der Waals surface area contributed by atoms with Gasteiger partial charge in [-0.3, -0.25) is 9.69 Å².